The van der Waals surface area contributed by atoms with E-state index in [0.717, 1.165) is 0 Å². The summed E-state index contributed by atoms with van der Waals surface area (Å²) < 4.78 is 19.0. The van der Waals surface area contributed by atoms with Gasteiger partial charge in [-0.05, 0) is 0 Å². The normalized spacial score (nSPS) is 10.6. The van der Waals surface area contributed by atoms with E-state index >= 15 is 0 Å². The average Bonchev–Trinajstić information content (AvgIpc) is 2.18. The van der Waals surface area contributed by atoms with Crippen LogP contribution in [0.5, 0.6) is 0 Å². The average molecular weight is 216 g/mol. The summed E-state index contributed by atoms with van der Waals surface area (Å²) in [7, 11) is 0. The van der Waals surface area contributed by atoms with E-state index in [9.17, 15) is 13.6 Å². The van der Waals surface area contributed by atoms with Crippen LogP contribution in [-0.4, -0.2) is 14.8 Å². The van der Waals surface area contributed by atoms with Gasteiger partial charge in [0.15, 0.2) is 0 Å². The lowest BCUT2D eigenvalue weighted by Crippen LogP contribution is -2.41. The quantitative estimate of drug-likeness (QED) is 0.464. The van der Waals surface area contributed by atoms with Gasteiger partial charge in [0.2, 0.25) is 0 Å². The molecule has 1 rings (SSSR count). The monoisotopic (exact) mass is 216 g/mol. The summed E-state index contributed by atoms with van der Waals surface area (Å²) in [5, 5.41) is 0. The molecule has 0 aliphatic heterocycles. The zero-order chi connectivity index (χ0) is 10.8. The predicted octanol–water partition coefficient (Wildman–Crippen LogP) is -0.360. The number of amides is 2. The van der Waals surface area contributed by atoms with E-state index in [1.165, 1.54) is 4.83 Å². The minimum atomic E-state index is -2.50. The van der Waals surface area contributed by atoms with E-state index in [1.54, 1.807) is 5.43 Å². The SMILES string of the molecule is NC(=O)NNS(=O)[O-].c1ccccc1. The van der Waals surface area contributed by atoms with Gasteiger partial charge < -0.3 is 10.3 Å². The lowest BCUT2D eigenvalue weighted by molar-refractivity contribution is 0.247. The number of nitrogens with two attached hydrogens (primary N) is 1. The predicted molar refractivity (Wildman–Crippen MR) is 51.2 cm³/mol. The Morgan fingerprint density at radius 3 is 1.64 bits per heavy atom. The Morgan fingerprint density at radius 1 is 1.14 bits per heavy atom. The number of primary amides is 1. The molecular weight excluding hydrogens is 206 g/mol. The van der Waals surface area contributed by atoms with Crippen LogP contribution in [0.15, 0.2) is 36.4 Å². The highest BCUT2D eigenvalue weighted by molar-refractivity contribution is 7.77. The van der Waals surface area contributed by atoms with Gasteiger partial charge in [-0.15, -0.1) is 0 Å². The van der Waals surface area contributed by atoms with Crippen LogP contribution in [0.1, 0.15) is 0 Å². The van der Waals surface area contributed by atoms with Gasteiger partial charge in [0, 0.05) is 11.3 Å². The first-order valence-corrected chi connectivity index (χ1v) is 4.61. The van der Waals surface area contributed by atoms with Gasteiger partial charge >= 0.3 is 6.03 Å². The van der Waals surface area contributed by atoms with E-state index < -0.39 is 17.3 Å². The minimum Gasteiger partial charge on any atom is -0.759 e. The van der Waals surface area contributed by atoms with Crippen LogP contribution < -0.4 is 16.0 Å². The summed E-state index contributed by atoms with van der Waals surface area (Å²) in [6.45, 7) is 0. The maximum absolute atomic E-state index is 9.68. The fourth-order valence-corrected chi connectivity index (χ4v) is 0.661. The third kappa shape index (κ3) is 10.6. The fraction of sp³-hybridized carbons (Fsp3) is 0. The molecule has 0 fully saturated rings. The molecular formula is C7H10N3O3S-. The second-order valence-corrected chi connectivity index (χ2v) is 2.65. The Labute approximate surface area is 83.9 Å². The van der Waals surface area contributed by atoms with Gasteiger partial charge in [-0.1, -0.05) is 36.4 Å². The second kappa shape index (κ2) is 8.17. The van der Waals surface area contributed by atoms with Crippen LogP contribution in [0.3, 0.4) is 0 Å². The molecule has 0 aliphatic carbocycles. The number of carbonyl (C=O) groups is 1. The highest BCUT2D eigenvalue weighted by Crippen LogP contribution is 1.79. The van der Waals surface area contributed by atoms with Gasteiger partial charge in [0.25, 0.3) is 0 Å². The van der Waals surface area contributed by atoms with Gasteiger partial charge in [0.05, 0.1) is 0 Å². The molecule has 1 aromatic carbocycles. The van der Waals surface area contributed by atoms with Crippen molar-refractivity contribution in [3.63, 3.8) is 0 Å². The summed E-state index contributed by atoms with van der Waals surface area (Å²) >= 11 is -2.50. The van der Waals surface area contributed by atoms with Gasteiger partial charge in [-0.3, -0.25) is 9.63 Å². The maximum Gasteiger partial charge on any atom is 0.327 e. The molecule has 1 unspecified atom stereocenters. The molecule has 0 aromatic heterocycles. The third-order valence-electron chi connectivity index (χ3n) is 0.924. The van der Waals surface area contributed by atoms with Gasteiger partial charge in [0.1, 0.15) is 0 Å². The van der Waals surface area contributed by atoms with E-state index in [4.69, 9.17) is 0 Å². The lowest BCUT2D eigenvalue weighted by atomic mass is 10.4. The summed E-state index contributed by atoms with van der Waals surface area (Å²) in [4.78, 5) is 11.2. The molecule has 4 N–H and O–H groups in total. The third-order valence-corrected chi connectivity index (χ3v) is 1.19. The molecule has 14 heavy (non-hydrogen) atoms. The van der Waals surface area contributed by atoms with Crippen molar-refractivity contribution in [2.24, 2.45) is 5.73 Å². The highest BCUT2D eigenvalue weighted by Gasteiger charge is 1.84. The molecule has 0 aliphatic rings. The fourth-order valence-electron chi connectivity index (χ4n) is 0.477. The zero-order valence-corrected chi connectivity index (χ0v) is 7.99. The number of urea groups is 1. The number of nitrogens with one attached hydrogen (secondary N) is 2. The molecule has 0 saturated carbocycles. The molecule has 7 heteroatoms. The van der Waals surface area contributed by atoms with Crippen molar-refractivity contribution in [3.05, 3.63) is 36.4 Å². The largest absolute Gasteiger partial charge is 0.759 e. The summed E-state index contributed by atoms with van der Waals surface area (Å²) in [5.74, 6) is 0. The topological polar surface area (TPSA) is 107 Å². The summed E-state index contributed by atoms with van der Waals surface area (Å²) in [6, 6.07) is 11.1. The number of carbonyl (C=O) groups excluding carboxylic acids is 1. The van der Waals surface area contributed by atoms with Crippen LogP contribution in [0.25, 0.3) is 0 Å². The molecule has 0 spiro atoms. The Morgan fingerprint density at radius 2 is 1.50 bits per heavy atom. The Kier molecular flexibility index (Phi) is 7.33. The highest BCUT2D eigenvalue weighted by atomic mass is 32.2. The lowest BCUT2D eigenvalue weighted by Gasteiger charge is -2.04. The van der Waals surface area contributed by atoms with E-state index in [-0.39, 0.29) is 0 Å². The molecule has 0 heterocycles. The van der Waals surface area contributed by atoms with Crippen molar-refractivity contribution in [1.29, 1.82) is 0 Å². The first kappa shape index (κ1) is 12.6. The maximum atomic E-state index is 9.68. The van der Waals surface area contributed by atoms with Crippen LogP contribution in [0.4, 0.5) is 4.79 Å². The van der Waals surface area contributed by atoms with Crippen molar-refractivity contribution in [2.75, 3.05) is 0 Å². The summed E-state index contributed by atoms with van der Waals surface area (Å²) in [5.41, 5.74) is 6.08. The van der Waals surface area contributed by atoms with Crippen molar-refractivity contribution < 1.29 is 13.6 Å². The standard InChI is InChI=1S/C6H6.CH5N3O3S/c1-2-4-6-5-3-1;2-1(5)3-4-8(6)7/h1-6H;4H,(H,6,7)(H3,2,3,5)/p-1. The molecule has 0 saturated heterocycles. The molecule has 0 bridgehead atoms. The number of hydrazine groups is 1. The Hall–Kier alpha value is -1.44. The molecule has 0 radical (unpaired) electrons. The van der Waals surface area contributed by atoms with Crippen LogP contribution in [0.2, 0.25) is 0 Å². The molecule has 78 valence electrons. The first-order valence-electron chi connectivity index (χ1n) is 3.53. The Bertz CT molecular complexity index is 240. The first-order chi connectivity index (χ1) is 6.63. The smallest absolute Gasteiger partial charge is 0.327 e. The van der Waals surface area contributed by atoms with Crippen molar-refractivity contribution >= 4 is 17.3 Å². The zero-order valence-electron chi connectivity index (χ0n) is 7.17. The number of rotatable bonds is 2. The van der Waals surface area contributed by atoms with Crippen LogP contribution in [0, 0.1) is 0 Å². The molecule has 6 nitrogen and oxygen atoms in total. The van der Waals surface area contributed by atoms with Crippen molar-refractivity contribution in [1.82, 2.24) is 10.3 Å². The van der Waals surface area contributed by atoms with Crippen LogP contribution >= 0.6 is 0 Å². The molecule has 2 amide bonds. The molecule has 1 atom stereocenters. The van der Waals surface area contributed by atoms with Crippen molar-refractivity contribution in [2.45, 2.75) is 0 Å². The van der Waals surface area contributed by atoms with Crippen LogP contribution in [-0.2, 0) is 11.3 Å². The van der Waals surface area contributed by atoms with E-state index in [2.05, 4.69) is 5.73 Å². The second-order valence-electron chi connectivity index (χ2n) is 1.98. The number of hydrogen-bond acceptors (Lipinski definition) is 3. The van der Waals surface area contributed by atoms with E-state index in [0.29, 0.717) is 0 Å². The minimum absolute atomic E-state index is 0.950. The van der Waals surface area contributed by atoms with Gasteiger partial charge in [-0.2, -0.15) is 4.83 Å². The molecule has 1 aromatic rings. The Balaban J connectivity index is 0.000000249. The summed E-state index contributed by atoms with van der Waals surface area (Å²) in [6.07, 6.45) is 0. The number of hydrogen-bond donors (Lipinski definition) is 3. The van der Waals surface area contributed by atoms with Gasteiger partial charge in [-0.25, -0.2) is 4.79 Å². The van der Waals surface area contributed by atoms with Crippen molar-refractivity contribution in [3.8, 4) is 0 Å². The number of benzene rings is 1. The van der Waals surface area contributed by atoms with E-state index in [1.807, 2.05) is 36.4 Å².